The van der Waals surface area contributed by atoms with Crippen molar-refractivity contribution < 1.29 is 9.53 Å². The van der Waals surface area contributed by atoms with Crippen molar-refractivity contribution in [2.24, 2.45) is 0 Å². The van der Waals surface area contributed by atoms with Crippen molar-refractivity contribution in [3.8, 4) is 11.4 Å². The molecule has 7 nitrogen and oxygen atoms in total. The van der Waals surface area contributed by atoms with Crippen LogP contribution in [0.4, 0.5) is 0 Å². The fourth-order valence-electron chi connectivity index (χ4n) is 2.66. The number of carbonyl (C=O) groups is 1. The molecule has 1 aromatic heterocycles. The van der Waals surface area contributed by atoms with E-state index in [1.165, 1.54) is 10.4 Å². The highest BCUT2D eigenvalue weighted by Crippen LogP contribution is 2.19. The zero-order chi connectivity index (χ0) is 16.9. The minimum Gasteiger partial charge on any atom is -0.376 e. The van der Waals surface area contributed by atoms with Crippen molar-refractivity contribution in [2.75, 3.05) is 13.2 Å². The molecule has 3 rings (SSSR count). The summed E-state index contributed by atoms with van der Waals surface area (Å²) in [6.07, 6.45) is 2.19. The average molecular weight is 329 g/mol. The highest BCUT2D eigenvalue weighted by atomic mass is 16.5. The third-order valence-electron chi connectivity index (χ3n) is 4.12. The molecule has 128 valence electrons. The van der Waals surface area contributed by atoms with Crippen LogP contribution in [0.25, 0.3) is 11.4 Å². The van der Waals surface area contributed by atoms with E-state index in [-0.39, 0.29) is 18.6 Å². The van der Waals surface area contributed by atoms with Gasteiger partial charge in [0.25, 0.3) is 0 Å². The topological polar surface area (TPSA) is 81.9 Å². The molecule has 1 amide bonds. The molecule has 0 spiro atoms. The van der Waals surface area contributed by atoms with Crippen LogP contribution in [0.5, 0.6) is 0 Å². The Morgan fingerprint density at radius 1 is 1.38 bits per heavy atom. The van der Waals surface area contributed by atoms with Gasteiger partial charge in [-0.2, -0.15) is 4.80 Å². The fraction of sp³-hybridized carbons (Fsp3) is 0.529. The predicted octanol–water partition coefficient (Wildman–Crippen LogP) is 1.76. The molecule has 1 atom stereocenters. The largest absolute Gasteiger partial charge is 0.376 e. The van der Waals surface area contributed by atoms with E-state index in [2.05, 4.69) is 46.7 Å². The molecule has 24 heavy (non-hydrogen) atoms. The Balaban J connectivity index is 1.55. The van der Waals surface area contributed by atoms with Crippen molar-refractivity contribution in [1.29, 1.82) is 0 Å². The van der Waals surface area contributed by atoms with E-state index < -0.39 is 0 Å². The molecular weight excluding hydrogens is 306 g/mol. The smallest absolute Gasteiger partial charge is 0.243 e. The molecule has 1 aromatic carbocycles. The maximum absolute atomic E-state index is 11.9. The average Bonchev–Trinajstić information content (AvgIpc) is 3.25. The zero-order valence-electron chi connectivity index (χ0n) is 14.1. The Hall–Kier alpha value is -2.28. The Morgan fingerprint density at radius 3 is 2.83 bits per heavy atom. The van der Waals surface area contributed by atoms with Gasteiger partial charge in [-0.3, -0.25) is 4.79 Å². The van der Waals surface area contributed by atoms with E-state index in [4.69, 9.17) is 4.74 Å². The van der Waals surface area contributed by atoms with Gasteiger partial charge < -0.3 is 10.1 Å². The van der Waals surface area contributed by atoms with Crippen molar-refractivity contribution in [3.05, 3.63) is 29.8 Å². The second-order valence-corrected chi connectivity index (χ2v) is 6.36. The summed E-state index contributed by atoms with van der Waals surface area (Å²) >= 11 is 0. The summed E-state index contributed by atoms with van der Waals surface area (Å²) < 4.78 is 5.48. The van der Waals surface area contributed by atoms with Crippen LogP contribution in [0.15, 0.2) is 24.3 Å². The lowest BCUT2D eigenvalue weighted by atomic mass is 10.0. The maximum atomic E-state index is 11.9. The van der Waals surface area contributed by atoms with Gasteiger partial charge in [0, 0.05) is 18.7 Å². The van der Waals surface area contributed by atoms with Gasteiger partial charge in [0.05, 0.1) is 6.10 Å². The minimum absolute atomic E-state index is 0.0593. The van der Waals surface area contributed by atoms with Crippen LogP contribution in [-0.2, 0) is 16.1 Å². The molecule has 0 saturated carbocycles. The molecule has 0 radical (unpaired) electrons. The van der Waals surface area contributed by atoms with E-state index in [1.807, 2.05) is 12.1 Å². The van der Waals surface area contributed by atoms with Crippen LogP contribution in [0, 0.1) is 0 Å². The molecule has 1 unspecified atom stereocenters. The van der Waals surface area contributed by atoms with Gasteiger partial charge in [0.1, 0.15) is 6.54 Å². The van der Waals surface area contributed by atoms with E-state index >= 15 is 0 Å². The number of aromatic nitrogens is 4. The summed E-state index contributed by atoms with van der Waals surface area (Å²) in [5.74, 6) is 0.872. The molecule has 1 saturated heterocycles. The Bertz CT molecular complexity index is 675. The number of amides is 1. The lowest BCUT2D eigenvalue weighted by Crippen LogP contribution is -2.34. The molecule has 2 aromatic rings. The monoisotopic (exact) mass is 329 g/mol. The summed E-state index contributed by atoms with van der Waals surface area (Å²) in [7, 11) is 0. The number of hydrogen-bond acceptors (Lipinski definition) is 5. The standard InChI is InChI=1S/C17H23N5O2/c1-12(2)13-5-7-14(8-6-13)17-19-21-22(20-17)11-16(23)18-10-15-4-3-9-24-15/h5-8,12,15H,3-4,9-11H2,1-2H3,(H,18,23). The molecule has 2 heterocycles. The number of ether oxygens (including phenoxy) is 1. The third-order valence-corrected chi connectivity index (χ3v) is 4.12. The van der Waals surface area contributed by atoms with E-state index in [0.717, 1.165) is 25.0 Å². The summed E-state index contributed by atoms with van der Waals surface area (Å²) in [4.78, 5) is 13.3. The number of hydrogen-bond donors (Lipinski definition) is 1. The highest BCUT2D eigenvalue weighted by Gasteiger charge is 2.16. The first-order valence-electron chi connectivity index (χ1n) is 8.38. The normalized spacial score (nSPS) is 17.4. The van der Waals surface area contributed by atoms with E-state index in [0.29, 0.717) is 18.3 Å². The Labute approximate surface area is 141 Å². The van der Waals surface area contributed by atoms with Crippen molar-refractivity contribution >= 4 is 5.91 Å². The van der Waals surface area contributed by atoms with Gasteiger partial charge in [-0.1, -0.05) is 38.1 Å². The van der Waals surface area contributed by atoms with Crippen LogP contribution >= 0.6 is 0 Å². The molecule has 0 aliphatic carbocycles. The van der Waals surface area contributed by atoms with E-state index in [9.17, 15) is 4.79 Å². The molecule has 1 N–H and O–H groups in total. The van der Waals surface area contributed by atoms with Gasteiger partial charge in [-0.15, -0.1) is 10.2 Å². The van der Waals surface area contributed by atoms with Crippen LogP contribution in [0.3, 0.4) is 0 Å². The zero-order valence-corrected chi connectivity index (χ0v) is 14.1. The number of nitrogens with zero attached hydrogens (tertiary/aromatic N) is 4. The Morgan fingerprint density at radius 2 is 2.17 bits per heavy atom. The second kappa shape index (κ2) is 7.53. The van der Waals surface area contributed by atoms with Gasteiger partial charge in [0.15, 0.2) is 0 Å². The van der Waals surface area contributed by atoms with Crippen molar-refractivity contribution in [1.82, 2.24) is 25.5 Å². The SMILES string of the molecule is CC(C)c1ccc(-c2nnn(CC(=O)NCC3CCCO3)n2)cc1. The number of carbonyl (C=O) groups excluding carboxylic acids is 1. The molecule has 0 bridgehead atoms. The summed E-state index contributed by atoms with van der Waals surface area (Å²) in [5.41, 5.74) is 2.16. The van der Waals surface area contributed by atoms with Crippen LogP contribution in [0.2, 0.25) is 0 Å². The number of benzene rings is 1. The first-order valence-corrected chi connectivity index (χ1v) is 8.38. The maximum Gasteiger partial charge on any atom is 0.243 e. The summed E-state index contributed by atoms with van der Waals surface area (Å²) in [6.45, 7) is 5.68. The van der Waals surface area contributed by atoms with Gasteiger partial charge in [-0.25, -0.2) is 0 Å². The quantitative estimate of drug-likeness (QED) is 0.873. The minimum atomic E-state index is -0.135. The fourth-order valence-corrected chi connectivity index (χ4v) is 2.66. The highest BCUT2D eigenvalue weighted by molar-refractivity contribution is 5.75. The van der Waals surface area contributed by atoms with E-state index in [1.54, 1.807) is 0 Å². The van der Waals surface area contributed by atoms with Crippen LogP contribution in [0.1, 0.15) is 38.2 Å². The van der Waals surface area contributed by atoms with Crippen LogP contribution < -0.4 is 5.32 Å². The lowest BCUT2D eigenvalue weighted by Gasteiger charge is -2.10. The van der Waals surface area contributed by atoms with Crippen LogP contribution in [-0.4, -0.2) is 45.4 Å². The lowest BCUT2D eigenvalue weighted by molar-refractivity contribution is -0.122. The van der Waals surface area contributed by atoms with Crippen molar-refractivity contribution in [2.45, 2.75) is 45.3 Å². The molecule has 7 heteroatoms. The molecule has 1 aliphatic rings. The van der Waals surface area contributed by atoms with Gasteiger partial charge in [0.2, 0.25) is 11.7 Å². The molecular formula is C17H23N5O2. The Kier molecular flexibility index (Phi) is 5.20. The second-order valence-electron chi connectivity index (χ2n) is 6.36. The molecule has 1 aliphatic heterocycles. The summed E-state index contributed by atoms with van der Waals surface area (Å²) in [6, 6.07) is 8.09. The third kappa shape index (κ3) is 4.17. The molecule has 1 fully saturated rings. The number of tetrazole rings is 1. The number of nitrogens with one attached hydrogen (secondary N) is 1. The van der Waals surface area contributed by atoms with Gasteiger partial charge in [-0.05, 0) is 29.5 Å². The first kappa shape index (κ1) is 16.6. The van der Waals surface area contributed by atoms with Gasteiger partial charge >= 0.3 is 0 Å². The predicted molar refractivity (Wildman–Crippen MR) is 89.3 cm³/mol. The summed E-state index contributed by atoms with van der Waals surface area (Å²) in [5, 5.41) is 15.1. The number of rotatable bonds is 6. The van der Waals surface area contributed by atoms with Crippen molar-refractivity contribution in [3.63, 3.8) is 0 Å². The first-order chi connectivity index (χ1) is 11.6.